The molecule has 2 rings (SSSR count). The van der Waals surface area contributed by atoms with E-state index in [4.69, 9.17) is 16.0 Å². The van der Waals surface area contributed by atoms with Crippen molar-refractivity contribution >= 4 is 17.5 Å². The van der Waals surface area contributed by atoms with E-state index in [1.165, 1.54) is 17.2 Å². The molecule has 0 bridgehead atoms. The molecule has 1 amide bonds. The number of hydrogen-bond acceptors (Lipinski definition) is 2. The predicted octanol–water partition coefficient (Wildman–Crippen LogP) is 3.19. The average molecular weight is 282 g/mol. The third-order valence-electron chi connectivity index (χ3n) is 2.71. The molecule has 0 radical (unpaired) electrons. The van der Waals surface area contributed by atoms with E-state index in [0.29, 0.717) is 11.3 Å². The Bertz CT molecular complexity index is 542. The molecule has 0 N–H and O–H groups in total. The second-order valence-electron chi connectivity index (χ2n) is 4.05. The maximum absolute atomic E-state index is 13.6. The second kappa shape index (κ2) is 6.38. The molecular formula is C14H13ClFNO2. The van der Waals surface area contributed by atoms with Crippen LogP contribution in [-0.4, -0.2) is 16.7 Å². The maximum atomic E-state index is 13.6. The van der Waals surface area contributed by atoms with Gasteiger partial charge in [-0.05, 0) is 18.2 Å². The minimum Gasteiger partial charge on any atom is -0.467 e. The fraction of sp³-hybridized carbons (Fsp3) is 0.214. The molecule has 1 aromatic carbocycles. The Hall–Kier alpha value is -1.81. The number of alkyl halides is 1. The molecule has 0 saturated heterocycles. The monoisotopic (exact) mass is 281 g/mol. The van der Waals surface area contributed by atoms with E-state index in [2.05, 4.69) is 0 Å². The van der Waals surface area contributed by atoms with Crippen molar-refractivity contribution in [3.05, 3.63) is 59.8 Å². The van der Waals surface area contributed by atoms with E-state index in [9.17, 15) is 9.18 Å². The molecule has 2 aromatic rings. The van der Waals surface area contributed by atoms with Crippen LogP contribution in [-0.2, 0) is 17.9 Å². The van der Waals surface area contributed by atoms with Crippen LogP contribution in [0.3, 0.4) is 0 Å². The van der Waals surface area contributed by atoms with Gasteiger partial charge in [-0.2, -0.15) is 0 Å². The van der Waals surface area contributed by atoms with Crippen molar-refractivity contribution in [1.82, 2.24) is 4.90 Å². The summed E-state index contributed by atoms with van der Waals surface area (Å²) in [6.07, 6.45) is 1.53. The zero-order valence-corrected chi connectivity index (χ0v) is 10.9. The number of halogens is 2. The van der Waals surface area contributed by atoms with Crippen molar-refractivity contribution in [3.8, 4) is 0 Å². The van der Waals surface area contributed by atoms with E-state index in [1.807, 2.05) is 0 Å². The Morgan fingerprint density at radius 3 is 2.63 bits per heavy atom. The summed E-state index contributed by atoms with van der Waals surface area (Å²) in [4.78, 5) is 13.2. The van der Waals surface area contributed by atoms with Gasteiger partial charge in [-0.15, -0.1) is 11.6 Å². The van der Waals surface area contributed by atoms with Gasteiger partial charge in [0.1, 0.15) is 17.5 Å². The number of hydrogen-bond donors (Lipinski definition) is 0. The molecule has 100 valence electrons. The molecule has 0 aliphatic heterocycles. The molecule has 0 saturated carbocycles. The van der Waals surface area contributed by atoms with Crippen LogP contribution in [0, 0.1) is 5.82 Å². The largest absolute Gasteiger partial charge is 0.467 e. The van der Waals surface area contributed by atoms with Gasteiger partial charge in [0.2, 0.25) is 5.91 Å². The summed E-state index contributed by atoms with van der Waals surface area (Å²) in [7, 11) is 0. The molecule has 3 nitrogen and oxygen atoms in total. The van der Waals surface area contributed by atoms with Crippen LogP contribution >= 0.6 is 11.6 Å². The first-order chi connectivity index (χ1) is 9.20. The van der Waals surface area contributed by atoms with Crippen LogP contribution in [0.5, 0.6) is 0 Å². The molecule has 1 heterocycles. The van der Waals surface area contributed by atoms with Crippen molar-refractivity contribution in [3.63, 3.8) is 0 Å². The summed E-state index contributed by atoms with van der Waals surface area (Å²) >= 11 is 5.58. The van der Waals surface area contributed by atoms with Gasteiger partial charge in [0.25, 0.3) is 0 Å². The lowest BCUT2D eigenvalue weighted by atomic mass is 10.2. The minimum atomic E-state index is -0.339. The lowest BCUT2D eigenvalue weighted by molar-refractivity contribution is -0.130. The maximum Gasteiger partial charge on any atom is 0.238 e. The molecule has 0 spiro atoms. The summed E-state index contributed by atoms with van der Waals surface area (Å²) in [6, 6.07) is 9.85. The third-order valence-corrected chi connectivity index (χ3v) is 2.94. The Kier molecular flexibility index (Phi) is 4.58. The van der Waals surface area contributed by atoms with Crippen LogP contribution in [0.2, 0.25) is 0 Å². The first-order valence-corrected chi connectivity index (χ1v) is 6.33. The zero-order valence-electron chi connectivity index (χ0n) is 10.2. The van der Waals surface area contributed by atoms with E-state index in [1.54, 1.807) is 30.3 Å². The number of amides is 1. The molecule has 0 aliphatic rings. The lowest BCUT2D eigenvalue weighted by Crippen LogP contribution is -2.31. The normalized spacial score (nSPS) is 10.4. The summed E-state index contributed by atoms with van der Waals surface area (Å²) in [5.74, 6) is -0.111. The van der Waals surface area contributed by atoms with Gasteiger partial charge in [-0.1, -0.05) is 18.2 Å². The summed E-state index contributed by atoms with van der Waals surface area (Å²) in [5.41, 5.74) is 0.451. The standard InChI is InChI=1S/C14H13ClFNO2/c15-8-14(18)17(10-12-5-3-7-19-12)9-11-4-1-2-6-13(11)16/h1-7H,8-10H2. The Morgan fingerprint density at radius 1 is 1.21 bits per heavy atom. The first kappa shape index (κ1) is 13.6. The van der Waals surface area contributed by atoms with Crippen LogP contribution in [0.4, 0.5) is 4.39 Å². The molecule has 0 atom stereocenters. The lowest BCUT2D eigenvalue weighted by Gasteiger charge is -2.21. The molecular weight excluding hydrogens is 269 g/mol. The van der Waals surface area contributed by atoms with Crippen molar-refractivity contribution in [1.29, 1.82) is 0 Å². The highest BCUT2D eigenvalue weighted by Gasteiger charge is 2.16. The number of nitrogens with zero attached hydrogens (tertiary/aromatic N) is 1. The third kappa shape index (κ3) is 3.58. The van der Waals surface area contributed by atoms with E-state index in [0.717, 1.165) is 0 Å². The summed E-state index contributed by atoms with van der Waals surface area (Å²) in [5, 5.41) is 0. The fourth-order valence-corrected chi connectivity index (χ4v) is 1.91. The highest BCUT2D eigenvalue weighted by Crippen LogP contribution is 2.14. The van der Waals surface area contributed by atoms with Gasteiger partial charge in [-0.3, -0.25) is 4.79 Å². The van der Waals surface area contributed by atoms with Crippen LogP contribution in [0.1, 0.15) is 11.3 Å². The van der Waals surface area contributed by atoms with Crippen LogP contribution in [0.15, 0.2) is 47.1 Å². The van der Waals surface area contributed by atoms with Crippen LogP contribution in [0.25, 0.3) is 0 Å². The van der Waals surface area contributed by atoms with Crippen LogP contribution < -0.4 is 0 Å². The SMILES string of the molecule is O=C(CCl)N(Cc1ccco1)Cc1ccccc1F. The number of carbonyl (C=O) groups is 1. The molecule has 0 aliphatic carbocycles. The number of carbonyl (C=O) groups excluding carboxylic acids is 1. The van der Waals surface area contributed by atoms with Gasteiger partial charge >= 0.3 is 0 Å². The van der Waals surface area contributed by atoms with Gasteiger partial charge in [0.15, 0.2) is 0 Å². The molecule has 1 aromatic heterocycles. The highest BCUT2D eigenvalue weighted by molar-refractivity contribution is 6.27. The Morgan fingerprint density at radius 2 is 2.00 bits per heavy atom. The van der Waals surface area contributed by atoms with Crippen molar-refractivity contribution < 1.29 is 13.6 Å². The molecule has 0 fully saturated rings. The van der Waals surface area contributed by atoms with E-state index < -0.39 is 0 Å². The number of rotatable bonds is 5. The highest BCUT2D eigenvalue weighted by atomic mass is 35.5. The minimum absolute atomic E-state index is 0.144. The topological polar surface area (TPSA) is 33.5 Å². The molecule has 5 heteroatoms. The summed E-state index contributed by atoms with van der Waals surface area (Å²) < 4.78 is 18.8. The van der Waals surface area contributed by atoms with E-state index in [-0.39, 0.29) is 30.7 Å². The van der Waals surface area contributed by atoms with Gasteiger partial charge in [0, 0.05) is 12.1 Å². The second-order valence-corrected chi connectivity index (χ2v) is 4.32. The molecule has 0 unspecified atom stereocenters. The quantitative estimate of drug-likeness (QED) is 0.789. The van der Waals surface area contributed by atoms with Crippen molar-refractivity contribution in [2.75, 3.05) is 5.88 Å². The first-order valence-electron chi connectivity index (χ1n) is 5.80. The Labute approximate surface area is 115 Å². The average Bonchev–Trinajstić information content (AvgIpc) is 2.92. The smallest absolute Gasteiger partial charge is 0.238 e. The van der Waals surface area contributed by atoms with Crippen molar-refractivity contribution in [2.45, 2.75) is 13.1 Å². The summed E-state index contributed by atoms with van der Waals surface area (Å²) in [6.45, 7) is 0.436. The van der Waals surface area contributed by atoms with Gasteiger partial charge in [-0.25, -0.2) is 4.39 Å². The van der Waals surface area contributed by atoms with Gasteiger partial charge in [0.05, 0.1) is 12.8 Å². The van der Waals surface area contributed by atoms with Crippen molar-refractivity contribution in [2.24, 2.45) is 0 Å². The number of furan rings is 1. The fourth-order valence-electron chi connectivity index (χ4n) is 1.74. The van der Waals surface area contributed by atoms with E-state index >= 15 is 0 Å². The van der Waals surface area contributed by atoms with Gasteiger partial charge < -0.3 is 9.32 Å². The zero-order chi connectivity index (χ0) is 13.7. The predicted molar refractivity (Wildman–Crippen MR) is 70.1 cm³/mol. The number of benzene rings is 1. The molecule has 19 heavy (non-hydrogen) atoms. The Balaban J connectivity index is 2.14.